The van der Waals surface area contributed by atoms with Crippen molar-refractivity contribution in [3.8, 4) is 0 Å². The first-order valence-electron chi connectivity index (χ1n) is 4.81. The second-order valence-corrected chi connectivity index (χ2v) is 5.20. The van der Waals surface area contributed by atoms with Gasteiger partial charge in [-0.1, -0.05) is 0 Å². The van der Waals surface area contributed by atoms with Crippen molar-refractivity contribution < 1.29 is 14.7 Å². The summed E-state index contributed by atoms with van der Waals surface area (Å²) in [7, 11) is 0. The molecule has 0 bridgehead atoms. The number of thioether (sulfide) groups is 1. The average molecular weight is 233 g/mol. The maximum absolute atomic E-state index is 11.5. The number of nitrogens with one attached hydrogen (secondary N) is 1. The topological polar surface area (TPSA) is 66.4 Å². The van der Waals surface area contributed by atoms with Crippen LogP contribution in [0.2, 0.25) is 0 Å². The van der Waals surface area contributed by atoms with Crippen LogP contribution in [0.3, 0.4) is 0 Å². The standard InChI is InChI=1S/C10H19NO3S/c1-7(6-15-4)11-8(12)5-10(2,3)9(13)14/h7H,5-6H2,1-4H3,(H,11,12)(H,13,14). The highest BCUT2D eigenvalue weighted by atomic mass is 32.2. The van der Waals surface area contributed by atoms with Gasteiger partial charge in [-0.2, -0.15) is 11.8 Å². The van der Waals surface area contributed by atoms with Crippen LogP contribution >= 0.6 is 11.8 Å². The van der Waals surface area contributed by atoms with E-state index < -0.39 is 11.4 Å². The highest BCUT2D eigenvalue weighted by Crippen LogP contribution is 2.20. The number of aliphatic carboxylic acids is 1. The monoisotopic (exact) mass is 233 g/mol. The lowest BCUT2D eigenvalue weighted by Crippen LogP contribution is -2.38. The molecule has 0 heterocycles. The Morgan fingerprint density at radius 2 is 2.00 bits per heavy atom. The summed E-state index contributed by atoms with van der Waals surface area (Å²) >= 11 is 1.64. The number of hydrogen-bond donors (Lipinski definition) is 2. The van der Waals surface area contributed by atoms with Gasteiger partial charge in [-0.25, -0.2) is 0 Å². The molecule has 88 valence electrons. The molecule has 2 N–H and O–H groups in total. The van der Waals surface area contributed by atoms with E-state index in [4.69, 9.17) is 5.11 Å². The van der Waals surface area contributed by atoms with Crippen LogP contribution in [0.15, 0.2) is 0 Å². The van der Waals surface area contributed by atoms with E-state index in [2.05, 4.69) is 5.32 Å². The molecule has 5 heteroatoms. The van der Waals surface area contributed by atoms with Gasteiger partial charge in [0.25, 0.3) is 0 Å². The van der Waals surface area contributed by atoms with Crippen molar-refractivity contribution in [3.05, 3.63) is 0 Å². The Balaban J connectivity index is 4.09. The van der Waals surface area contributed by atoms with Gasteiger partial charge in [-0.3, -0.25) is 9.59 Å². The van der Waals surface area contributed by atoms with Gasteiger partial charge in [0.2, 0.25) is 5.91 Å². The minimum atomic E-state index is -0.997. The summed E-state index contributed by atoms with van der Waals surface area (Å²) in [6.45, 7) is 5.00. The molecule has 0 aromatic carbocycles. The van der Waals surface area contributed by atoms with Crippen molar-refractivity contribution in [1.82, 2.24) is 5.32 Å². The van der Waals surface area contributed by atoms with E-state index in [0.717, 1.165) is 5.75 Å². The van der Waals surface area contributed by atoms with Crippen molar-refractivity contribution in [3.63, 3.8) is 0 Å². The summed E-state index contributed by atoms with van der Waals surface area (Å²) in [5.74, 6) is -0.321. The molecule has 1 atom stereocenters. The van der Waals surface area contributed by atoms with Crippen molar-refractivity contribution in [2.75, 3.05) is 12.0 Å². The molecule has 0 aliphatic rings. The van der Waals surface area contributed by atoms with E-state index in [9.17, 15) is 9.59 Å². The Kier molecular flexibility index (Phi) is 5.72. The predicted octanol–water partition coefficient (Wildman–Crippen LogP) is 1.36. The first-order chi connectivity index (χ1) is 6.79. The van der Waals surface area contributed by atoms with Crippen molar-refractivity contribution >= 4 is 23.6 Å². The minimum Gasteiger partial charge on any atom is -0.481 e. The van der Waals surface area contributed by atoms with Gasteiger partial charge in [-0.15, -0.1) is 0 Å². The summed E-state index contributed by atoms with van der Waals surface area (Å²) in [5.41, 5.74) is -0.997. The molecule has 0 aromatic heterocycles. The minimum absolute atomic E-state index is 0.0149. The average Bonchev–Trinajstić information content (AvgIpc) is 2.02. The van der Waals surface area contributed by atoms with Crippen LogP contribution in [0.5, 0.6) is 0 Å². The van der Waals surface area contributed by atoms with Crippen LogP contribution in [0.4, 0.5) is 0 Å². The smallest absolute Gasteiger partial charge is 0.309 e. The van der Waals surface area contributed by atoms with E-state index in [1.807, 2.05) is 13.2 Å². The molecule has 0 spiro atoms. The number of carboxylic acid groups (broad SMARTS) is 1. The Bertz CT molecular complexity index is 241. The lowest BCUT2D eigenvalue weighted by atomic mass is 9.89. The van der Waals surface area contributed by atoms with Crippen LogP contribution in [0, 0.1) is 5.41 Å². The molecule has 0 rings (SSSR count). The maximum Gasteiger partial charge on any atom is 0.309 e. The van der Waals surface area contributed by atoms with Gasteiger partial charge < -0.3 is 10.4 Å². The van der Waals surface area contributed by atoms with Crippen molar-refractivity contribution in [2.45, 2.75) is 33.2 Å². The van der Waals surface area contributed by atoms with Gasteiger partial charge in [0.05, 0.1) is 5.41 Å². The van der Waals surface area contributed by atoms with Crippen LogP contribution in [-0.2, 0) is 9.59 Å². The zero-order valence-corrected chi connectivity index (χ0v) is 10.5. The molecule has 15 heavy (non-hydrogen) atoms. The van der Waals surface area contributed by atoms with Gasteiger partial charge in [0, 0.05) is 18.2 Å². The normalized spacial score (nSPS) is 13.3. The fraction of sp³-hybridized carbons (Fsp3) is 0.800. The number of hydrogen-bond acceptors (Lipinski definition) is 3. The van der Waals surface area contributed by atoms with Gasteiger partial charge in [0.1, 0.15) is 0 Å². The molecule has 0 aromatic rings. The van der Waals surface area contributed by atoms with E-state index in [1.54, 1.807) is 25.6 Å². The van der Waals surface area contributed by atoms with Gasteiger partial charge in [0.15, 0.2) is 0 Å². The Labute approximate surface area is 94.8 Å². The fourth-order valence-corrected chi connectivity index (χ4v) is 1.68. The lowest BCUT2D eigenvalue weighted by molar-refractivity contribution is -0.149. The third-order valence-corrected chi connectivity index (χ3v) is 2.84. The van der Waals surface area contributed by atoms with Crippen LogP contribution in [0.25, 0.3) is 0 Å². The summed E-state index contributed by atoms with van der Waals surface area (Å²) < 4.78 is 0. The summed E-state index contributed by atoms with van der Waals surface area (Å²) in [5, 5.41) is 11.6. The van der Waals surface area contributed by atoms with E-state index >= 15 is 0 Å². The highest BCUT2D eigenvalue weighted by molar-refractivity contribution is 7.98. The summed E-state index contributed by atoms with van der Waals surface area (Å²) in [6, 6.07) is 0.0806. The zero-order valence-electron chi connectivity index (χ0n) is 9.66. The first-order valence-corrected chi connectivity index (χ1v) is 6.20. The van der Waals surface area contributed by atoms with Gasteiger partial charge in [-0.05, 0) is 27.0 Å². The Morgan fingerprint density at radius 1 is 1.47 bits per heavy atom. The van der Waals surface area contributed by atoms with Crippen LogP contribution in [0.1, 0.15) is 27.2 Å². The number of rotatable bonds is 6. The Hall–Kier alpha value is -0.710. The molecule has 0 radical (unpaired) electrons. The fourth-order valence-electron chi connectivity index (χ4n) is 1.09. The number of carbonyl (C=O) groups is 2. The predicted molar refractivity (Wildman–Crippen MR) is 62.0 cm³/mol. The second kappa shape index (κ2) is 6.00. The molecule has 0 aliphatic carbocycles. The molecular formula is C10H19NO3S. The van der Waals surface area contributed by atoms with E-state index in [1.165, 1.54) is 0 Å². The molecule has 1 amide bonds. The molecule has 0 saturated carbocycles. The molecular weight excluding hydrogens is 214 g/mol. The third kappa shape index (κ3) is 5.67. The number of amides is 1. The third-order valence-electron chi connectivity index (χ3n) is 2.01. The number of carboxylic acids is 1. The SMILES string of the molecule is CSCC(C)NC(=O)CC(C)(C)C(=O)O. The van der Waals surface area contributed by atoms with Crippen molar-refractivity contribution in [2.24, 2.45) is 5.41 Å². The van der Waals surface area contributed by atoms with E-state index in [-0.39, 0.29) is 18.4 Å². The molecule has 4 nitrogen and oxygen atoms in total. The maximum atomic E-state index is 11.5. The van der Waals surface area contributed by atoms with Crippen molar-refractivity contribution in [1.29, 1.82) is 0 Å². The first kappa shape index (κ1) is 14.3. The zero-order chi connectivity index (χ0) is 12.1. The second-order valence-electron chi connectivity index (χ2n) is 4.29. The quantitative estimate of drug-likeness (QED) is 0.727. The lowest BCUT2D eigenvalue weighted by Gasteiger charge is -2.20. The van der Waals surface area contributed by atoms with E-state index in [0.29, 0.717) is 0 Å². The molecule has 1 unspecified atom stereocenters. The van der Waals surface area contributed by atoms with Gasteiger partial charge >= 0.3 is 5.97 Å². The van der Waals surface area contributed by atoms with Crippen LogP contribution in [-0.4, -0.2) is 35.0 Å². The molecule has 0 aliphatic heterocycles. The molecule has 0 fully saturated rings. The Morgan fingerprint density at radius 3 is 2.40 bits per heavy atom. The number of carbonyl (C=O) groups excluding carboxylic acids is 1. The van der Waals surface area contributed by atoms with Crippen LogP contribution < -0.4 is 5.32 Å². The summed E-state index contributed by atoms with van der Waals surface area (Å²) in [6.07, 6.45) is 1.98. The largest absolute Gasteiger partial charge is 0.481 e. The highest BCUT2D eigenvalue weighted by Gasteiger charge is 2.30. The summed E-state index contributed by atoms with van der Waals surface area (Å²) in [4.78, 5) is 22.2. The molecule has 0 saturated heterocycles.